The predicted octanol–water partition coefficient (Wildman–Crippen LogP) is 2.62. The molecular weight excluding hydrogens is 371 g/mol. The maximum Gasteiger partial charge on any atom is 0.335 e. The Balaban J connectivity index is 2.31. The highest BCUT2D eigenvalue weighted by Crippen LogP contribution is 2.18. The highest BCUT2D eigenvalue weighted by molar-refractivity contribution is 14.1. The van der Waals surface area contributed by atoms with E-state index >= 15 is 0 Å². The maximum atomic E-state index is 12.1. The third kappa shape index (κ3) is 2.11. The first-order valence-electron chi connectivity index (χ1n) is 5.80. The van der Waals surface area contributed by atoms with Crippen molar-refractivity contribution in [2.75, 3.05) is 0 Å². The number of aromatic amines is 1. The van der Waals surface area contributed by atoms with Crippen LogP contribution in [-0.2, 0) is 0 Å². The zero-order chi connectivity index (χ0) is 14.3. The Kier molecular flexibility index (Phi) is 3.09. The summed E-state index contributed by atoms with van der Waals surface area (Å²) in [5.41, 5.74) is 1.72. The van der Waals surface area contributed by atoms with Crippen LogP contribution in [0.25, 0.3) is 16.7 Å². The quantitative estimate of drug-likeness (QED) is 0.672. The molecule has 0 aliphatic heterocycles. The lowest BCUT2D eigenvalue weighted by Crippen LogP contribution is -2.14. The van der Waals surface area contributed by atoms with E-state index in [-0.39, 0.29) is 11.3 Å². The van der Waals surface area contributed by atoms with Gasteiger partial charge in [-0.2, -0.15) is 0 Å². The van der Waals surface area contributed by atoms with Gasteiger partial charge in [-0.25, -0.2) is 9.59 Å². The Morgan fingerprint density at radius 2 is 1.85 bits per heavy atom. The molecule has 0 bridgehead atoms. The van der Waals surface area contributed by atoms with Crippen LogP contribution in [0, 0.1) is 3.57 Å². The number of halogens is 1. The minimum atomic E-state index is -1.02. The number of imidazole rings is 1. The summed E-state index contributed by atoms with van der Waals surface area (Å²) < 4.78 is 2.53. The van der Waals surface area contributed by atoms with Gasteiger partial charge in [0.15, 0.2) is 0 Å². The largest absolute Gasteiger partial charge is 0.478 e. The van der Waals surface area contributed by atoms with E-state index in [1.54, 1.807) is 6.07 Å². The standard InChI is InChI=1S/C14H9IN2O3/c15-9-2-4-10(5-3-9)17-12-7-8(13(18)19)1-6-11(12)16-14(17)20/h1-7H,(H,16,20)(H,18,19). The first-order valence-corrected chi connectivity index (χ1v) is 6.88. The van der Waals surface area contributed by atoms with Crippen LogP contribution in [0.2, 0.25) is 0 Å². The molecule has 20 heavy (non-hydrogen) atoms. The number of nitrogens with zero attached hydrogens (tertiary/aromatic N) is 1. The number of aromatic nitrogens is 2. The fourth-order valence-corrected chi connectivity index (χ4v) is 2.44. The third-order valence-electron chi connectivity index (χ3n) is 3.02. The van der Waals surface area contributed by atoms with Crippen LogP contribution in [-0.4, -0.2) is 20.6 Å². The zero-order valence-electron chi connectivity index (χ0n) is 10.1. The molecule has 0 unspecified atom stereocenters. The molecule has 0 spiro atoms. The number of hydrogen-bond acceptors (Lipinski definition) is 2. The summed E-state index contributed by atoms with van der Waals surface area (Å²) in [5.74, 6) is -1.02. The summed E-state index contributed by atoms with van der Waals surface area (Å²) >= 11 is 2.18. The molecule has 0 radical (unpaired) electrons. The zero-order valence-corrected chi connectivity index (χ0v) is 12.3. The summed E-state index contributed by atoms with van der Waals surface area (Å²) in [6.45, 7) is 0. The van der Waals surface area contributed by atoms with Crippen LogP contribution < -0.4 is 5.69 Å². The van der Waals surface area contributed by atoms with Crippen molar-refractivity contribution >= 4 is 39.6 Å². The molecule has 3 rings (SSSR count). The summed E-state index contributed by atoms with van der Waals surface area (Å²) in [4.78, 5) is 25.8. The number of benzene rings is 2. The van der Waals surface area contributed by atoms with Crippen LogP contribution in [0.4, 0.5) is 0 Å². The fraction of sp³-hybridized carbons (Fsp3) is 0. The van der Waals surface area contributed by atoms with E-state index < -0.39 is 5.97 Å². The second-order valence-corrected chi connectivity index (χ2v) is 5.52. The van der Waals surface area contributed by atoms with Crippen molar-refractivity contribution in [1.82, 2.24) is 9.55 Å². The van der Waals surface area contributed by atoms with Crippen LogP contribution >= 0.6 is 22.6 Å². The molecule has 0 atom stereocenters. The van der Waals surface area contributed by atoms with Gasteiger partial charge in [0.2, 0.25) is 0 Å². The molecule has 0 fully saturated rings. The van der Waals surface area contributed by atoms with E-state index in [0.29, 0.717) is 16.7 Å². The number of rotatable bonds is 2. The average molecular weight is 380 g/mol. The summed E-state index contributed by atoms with van der Waals surface area (Å²) in [5, 5.41) is 9.05. The van der Waals surface area contributed by atoms with Crippen LogP contribution in [0.5, 0.6) is 0 Å². The number of fused-ring (bicyclic) bond motifs is 1. The van der Waals surface area contributed by atoms with Crippen molar-refractivity contribution in [3.8, 4) is 5.69 Å². The number of hydrogen-bond donors (Lipinski definition) is 2. The molecule has 2 N–H and O–H groups in total. The van der Waals surface area contributed by atoms with Crippen molar-refractivity contribution in [3.05, 3.63) is 62.1 Å². The van der Waals surface area contributed by atoms with E-state index in [1.165, 1.54) is 16.7 Å². The summed E-state index contributed by atoms with van der Waals surface area (Å²) in [6, 6.07) is 12.0. The monoisotopic (exact) mass is 380 g/mol. The van der Waals surface area contributed by atoms with Gasteiger partial charge in [-0.05, 0) is 65.1 Å². The molecular formula is C14H9IN2O3. The number of H-pyrrole nitrogens is 1. The van der Waals surface area contributed by atoms with Gasteiger partial charge in [0.25, 0.3) is 0 Å². The second kappa shape index (κ2) is 4.78. The number of carboxylic acid groups (broad SMARTS) is 1. The molecule has 5 nitrogen and oxygen atoms in total. The van der Waals surface area contributed by atoms with Gasteiger partial charge < -0.3 is 10.1 Å². The molecule has 1 aromatic heterocycles. The van der Waals surface area contributed by atoms with E-state index in [9.17, 15) is 9.59 Å². The van der Waals surface area contributed by atoms with Crippen LogP contribution in [0.15, 0.2) is 47.3 Å². The van der Waals surface area contributed by atoms with Crippen molar-refractivity contribution in [3.63, 3.8) is 0 Å². The van der Waals surface area contributed by atoms with E-state index in [0.717, 1.165) is 3.57 Å². The highest BCUT2D eigenvalue weighted by atomic mass is 127. The molecule has 0 amide bonds. The smallest absolute Gasteiger partial charge is 0.335 e. The molecule has 2 aromatic carbocycles. The Hall–Kier alpha value is -2.09. The lowest BCUT2D eigenvalue weighted by atomic mass is 10.2. The second-order valence-electron chi connectivity index (χ2n) is 4.28. The molecule has 0 saturated heterocycles. The maximum absolute atomic E-state index is 12.1. The molecule has 3 aromatic rings. The van der Waals surface area contributed by atoms with Crippen LogP contribution in [0.1, 0.15) is 10.4 Å². The predicted molar refractivity (Wildman–Crippen MR) is 83.6 cm³/mol. The van der Waals surface area contributed by atoms with Crippen molar-refractivity contribution in [1.29, 1.82) is 0 Å². The summed E-state index contributed by atoms with van der Waals surface area (Å²) in [7, 11) is 0. The molecule has 0 saturated carbocycles. The molecule has 6 heteroatoms. The van der Waals surface area contributed by atoms with Gasteiger partial charge in [0.05, 0.1) is 22.3 Å². The van der Waals surface area contributed by atoms with Crippen LogP contribution in [0.3, 0.4) is 0 Å². The van der Waals surface area contributed by atoms with E-state index in [4.69, 9.17) is 5.11 Å². The fourth-order valence-electron chi connectivity index (χ4n) is 2.08. The number of aromatic carboxylic acids is 1. The lowest BCUT2D eigenvalue weighted by Gasteiger charge is -2.04. The van der Waals surface area contributed by atoms with E-state index in [2.05, 4.69) is 27.6 Å². The Morgan fingerprint density at radius 3 is 2.50 bits per heavy atom. The normalized spacial score (nSPS) is 10.8. The Morgan fingerprint density at radius 1 is 1.15 bits per heavy atom. The van der Waals surface area contributed by atoms with Gasteiger partial charge >= 0.3 is 11.7 Å². The number of nitrogens with one attached hydrogen (secondary N) is 1. The molecule has 0 aliphatic carbocycles. The van der Waals surface area contributed by atoms with Gasteiger partial charge in [-0.15, -0.1) is 0 Å². The topological polar surface area (TPSA) is 75.1 Å². The van der Waals surface area contributed by atoms with Crippen molar-refractivity contribution in [2.24, 2.45) is 0 Å². The van der Waals surface area contributed by atoms with Crippen molar-refractivity contribution < 1.29 is 9.90 Å². The Bertz CT molecular complexity index is 862. The Labute approximate surface area is 127 Å². The van der Waals surface area contributed by atoms with Gasteiger partial charge in [0, 0.05) is 3.57 Å². The van der Waals surface area contributed by atoms with Crippen molar-refractivity contribution in [2.45, 2.75) is 0 Å². The lowest BCUT2D eigenvalue weighted by molar-refractivity contribution is 0.0697. The third-order valence-corrected chi connectivity index (χ3v) is 3.73. The number of carbonyl (C=O) groups is 1. The first kappa shape index (κ1) is 12.9. The minimum absolute atomic E-state index is 0.149. The molecule has 100 valence electrons. The SMILES string of the molecule is O=C(O)c1ccc2[nH]c(=O)n(-c3ccc(I)cc3)c2c1. The number of carboxylic acids is 1. The van der Waals surface area contributed by atoms with Gasteiger partial charge in [0.1, 0.15) is 0 Å². The van der Waals surface area contributed by atoms with E-state index in [1.807, 2.05) is 24.3 Å². The minimum Gasteiger partial charge on any atom is -0.478 e. The summed E-state index contributed by atoms with van der Waals surface area (Å²) in [6.07, 6.45) is 0. The first-order chi connectivity index (χ1) is 9.56. The molecule has 1 heterocycles. The highest BCUT2D eigenvalue weighted by Gasteiger charge is 2.11. The average Bonchev–Trinajstić information content (AvgIpc) is 2.75. The van der Waals surface area contributed by atoms with Gasteiger partial charge in [-0.3, -0.25) is 4.57 Å². The van der Waals surface area contributed by atoms with Gasteiger partial charge in [-0.1, -0.05) is 0 Å². The molecule has 0 aliphatic rings.